The standard InChI is InChI=1S/C11H14ClN5O2S/c12-9-6-8(3-4-10(9)13)20(18,19)16-5-1-2-11-14-7-15-17-11/h3-4,6-7,16H,1-2,5,13H2,(H,14,15,17). The highest BCUT2D eigenvalue weighted by Gasteiger charge is 2.14. The molecule has 20 heavy (non-hydrogen) atoms. The average Bonchev–Trinajstić information content (AvgIpc) is 2.91. The summed E-state index contributed by atoms with van der Waals surface area (Å²) in [5.74, 6) is 0.722. The van der Waals surface area contributed by atoms with E-state index in [0.29, 0.717) is 25.1 Å². The van der Waals surface area contributed by atoms with E-state index in [0.717, 1.165) is 5.82 Å². The summed E-state index contributed by atoms with van der Waals surface area (Å²) in [5.41, 5.74) is 5.89. The Morgan fingerprint density at radius 3 is 2.85 bits per heavy atom. The van der Waals surface area contributed by atoms with Crippen LogP contribution in [0.4, 0.5) is 5.69 Å². The van der Waals surface area contributed by atoms with E-state index in [9.17, 15) is 8.42 Å². The van der Waals surface area contributed by atoms with Crippen LogP contribution >= 0.6 is 11.6 Å². The molecule has 0 saturated carbocycles. The van der Waals surface area contributed by atoms with Crippen molar-refractivity contribution in [2.45, 2.75) is 17.7 Å². The molecule has 7 nitrogen and oxygen atoms in total. The molecule has 9 heteroatoms. The Morgan fingerprint density at radius 1 is 1.40 bits per heavy atom. The number of halogens is 1. The van der Waals surface area contributed by atoms with Gasteiger partial charge in [-0.2, -0.15) is 5.10 Å². The molecule has 108 valence electrons. The topological polar surface area (TPSA) is 114 Å². The monoisotopic (exact) mass is 315 g/mol. The van der Waals surface area contributed by atoms with Crippen LogP contribution < -0.4 is 10.5 Å². The maximum absolute atomic E-state index is 12.0. The second-order valence-corrected chi connectivity index (χ2v) is 6.29. The van der Waals surface area contributed by atoms with E-state index < -0.39 is 10.0 Å². The summed E-state index contributed by atoms with van der Waals surface area (Å²) in [4.78, 5) is 4.05. The zero-order valence-electron chi connectivity index (χ0n) is 10.5. The lowest BCUT2D eigenvalue weighted by Gasteiger charge is -2.07. The summed E-state index contributed by atoms with van der Waals surface area (Å²) >= 11 is 5.81. The van der Waals surface area contributed by atoms with Crippen molar-refractivity contribution in [3.8, 4) is 0 Å². The second kappa shape index (κ2) is 6.21. The molecule has 0 saturated heterocycles. The molecule has 4 N–H and O–H groups in total. The third kappa shape index (κ3) is 3.69. The van der Waals surface area contributed by atoms with E-state index in [1.807, 2.05) is 0 Å². The van der Waals surface area contributed by atoms with E-state index in [2.05, 4.69) is 19.9 Å². The number of hydrogen-bond donors (Lipinski definition) is 3. The first-order valence-electron chi connectivity index (χ1n) is 5.88. The van der Waals surface area contributed by atoms with Crippen LogP contribution in [-0.2, 0) is 16.4 Å². The van der Waals surface area contributed by atoms with Crippen molar-refractivity contribution in [2.24, 2.45) is 0 Å². The number of hydrogen-bond acceptors (Lipinski definition) is 5. The number of rotatable bonds is 6. The number of nitrogen functional groups attached to an aromatic ring is 1. The van der Waals surface area contributed by atoms with Gasteiger partial charge in [0, 0.05) is 13.0 Å². The SMILES string of the molecule is Nc1ccc(S(=O)(=O)NCCCc2ncn[nH]2)cc1Cl. The van der Waals surface area contributed by atoms with Gasteiger partial charge in [0.1, 0.15) is 12.2 Å². The minimum atomic E-state index is -3.58. The molecule has 0 bridgehead atoms. The summed E-state index contributed by atoms with van der Waals surface area (Å²) in [6.07, 6.45) is 2.64. The van der Waals surface area contributed by atoms with Gasteiger partial charge < -0.3 is 5.73 Å². The molecular formula is C11H14ClN5O2S. The summed E-state index contributed by atoms with van der Waals surface area (Å²) < 4.78 is 26.5. The zero-order valence-corrected chi connectivity index (χ0v) is 12.1. The molecule has 2 rings (SSSR count). The van der Waals surface area contributed by atoms with Crippen LogP contribution in [0.1, 0.15) is 12.2 Å². The lowest BCUT2D eigenvalue weighted by atomic mass is 10.3. The molecule has 0 fully saturated rings. The lowest BCUT2D eigenvalue weighted by molar-refractivity contribution is 0.578. The lowest BCUT2D eigenvalue weighted by Crippen LogP contribution is -2.25. The molecule has 0 aliphatic rings. The fraction of sp³-hybridized carbons (Fsp3) is 0.273. The zero-order chi connectivity index (χ0) is 14.6. The number of H-pyrrole nitrogens is 1. The number of sulfonamides is 1. The van der Waals surface area contributed by atoms with Gasteiger partial charge in [0.25, 0.3) is 0 Å². The van der Waals surface area contributed by atoms with Gasteiger partial charge in [0.2, 0.25) is 10.0 Å². The molecule has 2 aromatic rings. The normalized spacial score (nSPS) is 11.7. The Balaban J connectivity index is 1.92. The summed E-state index contributed by atoms with van der Waals surface area (Å²) in [7, 11) is -3.58. The van der Waals surface area contributed by atoms with Crippen molar-refractivity contribution in [2.75, 3.05) is 12.3 Å². The van der Waals surface area contributed by atoms with Crippen molar-refractivity contribution < 1.29 is 8.42 Å². The van der Waals surface area contributed by atoms with Crippen LogP contribution in [0.25, 0.3) is 0 Å². The van der Waals surface area contributed by atoms with Crippen molar-refractivity contribution >= 4 is 27.3 Å². The van der Waals surface area contributed by atoms with Crippen LogP contribution in [-0.4, -0.2) is 30.1 Å². The number of aromatic nitrogens is 3. The Morgan fingerprint density at radius 2 is 2.20 bits per heavy atom. The van der Waals surface area contributed by atoms with Crippen LogP contribution in [0.2, 0.25) is 5.02 Å². The largest absolute Gasteiger partial charge is 0.398 e. The molecule has 0 amide bonds. The van der Waals surface area contributed by atoms with Gasteiger partial charge in [-0.25, -0.2) is 18.1 Å². The third-order valence-corrected chi connectivity index (χ3v) is 4.42. The van der Waals surface area contributed by atoms with E-state index in [1.165, 1.54) is 24.5 Å². The molecule has 0 aliphatic heterocycles. The maximum atomic E-state index is 12.0. The Hall–Kier alpha value is -1.64. The highest BCUT2D eigenvalue weighted by molar-refractivity contribution is 7.89. The number of benzene rings is 1. The molecule has 0 spiro atoms. The number of aromatic amines is 1. The van der Waals surface area contributed by atoms with Gasteiger partial charge in [0.05, 0.1) is 15.6 Å². The van der Waals surface area contributed by atoms with Crippen molar-refractivity contribution in [3.63, 3.8) is 0 Å². The number of aryl methyl sites for hydroxylation is 1. The van der Waals surface area contributed by atoms with Crippen molar-refractivity contribution in [3.05, 3.63) is 35.4 Å². The van der Waals surface area contributed by atoms with Gasteiger partial charge in [-0.3, -0.25) is 5.10 Å². The number of nitrogens with one attached hydrogen (secondary N) is 2. The first-order valence-corrected chi connectivity index (χ1v) is 7.74. The molecular weight excluding hydrogens is 302 g/mol. The quantitative estimate of drug-likeness (QED) is 0.542. The van der Waals surface area contributed by atoms with Crippen LogP contribution in [0, 0.1) is 0 Å². The Bertz CT molecular complexity index is 672. The molecule has 0 unspecified atom stereocenters. The third-order valence-electron chi connectivity index (χ3n) is 2.63. The van der Waals surface area contributed by atoms with E-state index in [-0.39, 0.29) is 9.92 Å². The van der Waals surface area contributed by atoms with E-state index in [1.54, 1.807) is 0 Å². The predicted octanol–water partition coefficient (Wildman–Crippen LogP) is 0.951. The minimum absolute atomic E-state index is 0.0939. The Labute approximate surface area is 121 Å². The van der Waals surface area contributed by atoms with Gasteiger partial charge in [-0.15, -0.1) is 0 Å². The second-order valence-electron chi connectivity index (χ2n) is 4.12. The summed E-state index contributed by atoms with van der Waals surface area (Å²) in [6.45, 7) is 0.297. The minimum Gasteiger partial charge on any atom is -0.398 e. The van der Waals surface area contributed by atoms with Crippen molar-refractivity contribution in [1.82, 2.24) is 19.9 Å². The van der Waals surface area contributed by atoms with Gasteiger partial charge in [-0.05, 0) is 24.6 Å². The van der Waals surface area contributed by atoms with Gasteiger partial charge >= 0.3 is 0 Å². The molecule has 0 radical (unpaired) electrons. The smallest absolute Gasteiger partial charge is 0.240 e. The van der Waals surface area contributed by atoms with E-state index in [4.69, 9.17) is 17.3 Å². The average molecular weight is 316 g/mol. The first-order chi connectivity index (χ1) is 9.49. The van der Waals surface area contributed by atoms with E-state index >= 15 is 0 Å². The number of anilines is 1. The fourth-order valence-corrected chi connectivity index (χ4v) is 2.92. The fourth-order valence-electron chi connectivity index (χ4n) is 1.57. The molecule has 1 aromatic carbocycles. The van der Waals surface area contributed by atoms with Crippen LogP contribution in [0.3, 0.4) is 0 Å². The Kier molecular flexibility index (Phi) is 4.58. The molecule has 1 heterocycles. The predicted molar refractivity (Wildman–Crippen MR) is 75.8 cm³/mol. The number of nitrogens with two attached hydrogens (primary N) is 1. The molecule has 0 atom stereocenters. The maximum Gasteiger partial charge on any atom is 0.240 e. The summed E-state index contributed by atoms with van der Waals surface area (Å²) in [5, 5.41) is 6.64. The van der Waals surface area contributed by atoms with Gasteiger partial charge in [0.15, 0.2) is 0 Å². The van der Waals surface area contributed by atoms with Gasteiger partial charge in [-0.1, -0.05) is 11.6 Å². The first kappa shape index (κ1) is 14.8. The highest BCUT2D eigenvalue weighted by atomic mass is 35.5. The molecule has 1 aromatic heterocycles. The molecule has 0 aliphatic carbocycles. The highest BCUT2D eigenvalue weighted by Crippen LogP contribution is 2.22. The van der Waals surface area contributed by atoms with Crippen molar-refractivity contribution in [1.29, 1.82) is 0 Å². The van der Waals surface area contributed by atoms with Crippen LogP contribution in [0.5, 0.6) is 0 Å². The van der Waals surface area contributed by atoms with Crippen LogP contribution in [0.15, 0.2) is 29.4 Å². The number of nitrogens with zero attached hydrogens (tertiary/aromatic N) is 2. The summed E-state index contributed by atoms with van der Waals surface area (Å²) in [6, 6.07) is 4.21.